The average Bonchev–Trinajstić information content (AvgIpc) is 3.32. The van der Waals surface area contributed by atoms with Gasteiger partial charge in [0.2, 0.25) is 0 Å². The molecule has 4 rings (SSSR count). The Morgan fingerprint density at radius 3 is 2.77 bits per heavy atom. The molecule has 5 nitrogen and oxygen atoms in total. The molecule has 3 aromatic rings. The van der Waals surface area contributed by atoms with E-state index in [2.05, 4.69) is 16.9 Å². The summed E-state index contributed by atoms with van der Waals surface area (Å²) in [6, 6.07) is 13.6. The van der Waals surface area contributed by atoms with E-state index in [1.54, 1.807) is 48.7 Å². The summed E-state index contributed by atoms with van der Waals surface area (Å²) in [5.41, 5.74) is 0.523. The Bertz CT molecular complexity index is 1110. The molecule has 2 atom stereocenters. The van der Waals surface area contributed by atoms with Gasteiger partial charge in [-0.25, -0.2) is 0 Å². The number of aromatic nitrogens is 2. The summed E-state index contributed by atoms with van der Waals surface area (Å²) in [6.07, 6.45) is 3.45. The van der Waals surface area contributed by atoms with Gasteiger partial charge in [-0.1, -0.05) is 24.1 Å². The van der Waals surface area contributed by atoms with Crippen molar-refractivity contribution in [3.05, 3.63) is 54.7 Å². The number of hydrogen-bond donors (Lipinski definition) is 0. The zero-order chi connectivity index (χ0) is 18.1. The van der Waals surface area contributed by atoms with Gasteiger partial charge in [0.25, 0.3) is 10.0 Å². The van der Waals surface area contributed by atoms with Crippen LogP contribution in [-0.4, -0.2) is 23.7 Å². The van der Waals surface area contributed by atoms with Crippen molar-refractivity contribution in [2.24, 2.45) is 5.92 Å². The number of nitrogens with zero attached hydrogens (tertiary/aromatic N) is 2. The molecule has 0 radical (unpaired) electrons. The molecular formula is C20H18N2O3S. The second-order valence-electron chi connectivity index (χ2n) is 6.32. The highest BCUT2D eigenvalue weighted by Crippen LogP contribution is 2.26. The minimum Gasteiger partial charge on any atom is -0.489 e. The van der Waals surface area contributed by atoms with Gasteiger partial charge in [-0.2, -0.15) is 17.6 Å². The largest absolute Gasteiger partial charge is 0.489 e. The maximum absolute atomic E-state index is 12.8. The van der Waals surface area contributed by atoms with Crippen LogP contribution in [0.4, 0.5) is 0 Å². The number of benzene rings is 2. The number of fused-ring (bicyclic) bond motifs is 1. The molecule has 6 heteroatoms. The summed E-state index contributed by atoms with van der Waals surface area (Å²) in [5.74, 6) is 7.21. The molecule has 0 bridgehead atoms. The first kappa shape index (κ1) is 16.7. The van der Waals surface area contributed by atoms with Gasteiger partial charge in [0.05, 0.1) is 22.5 Å². The zero-order valence-electron chi connectivity index (χ0n) is 14.3. The van der Waals surface area contributed by atoms with E-state index in [4.69, 9.17) is 4.74 Å². The topological polar surface area (TPSA) is 61.2 Å². The Hall–Kier alpha value is -2.78. The van der Waals surface area contributed by atoms with Crippen LogP contribution in [0.25, 0.3) is 10.9 Å². The van der Waals surface area contributed by atoms with E-state index in [0.717, 1.165) is 16.9 Å². The molecule has 0 spiro atoms. The first-order valence-corrected chi connectivity index (χ1v) is 9.93. The van der Waals surface area contributed by atoms with Gasteiger partial charge in [-0.3, -0.25) is 0 Å². The van der Waals surface area contributed by atoms with Gasteiger partial charge in [0.1, 0.15) is 11.9 Å². The van der Waals surface area contributed by atoms with E-state index in [1.165, 1.54) is 0 Å². The molecule has 132 valence electrons. The summed E-state index contributed by atoms with van der Waals surface area (Å²) in [7, 11) is -3.72. The van der Waals surface area contributed by atoms with Gasteiger partial charge in [-0.05, 0) is 43.7 Å². The van der Waals surface area contributed by atoms with Gasteiger partial charge >= 0.3 is 0 Å². The summed E-state index contributed by atoms with van der Waals surface area (Å²) < 4.78 is 32.7. The molecule has 0 saturated carbocycles. The van der Waals surface area contributed by atoms with Crippen LogP contribution in [0.5, 0.6) is 5.75 Å². The Labute approximate surface area is 152 Å². The fraction of sp³-hybridized carbons (Fsp3) is 0.250. The van der Waals surface area contributed by atoms with Gasteiger partial charge < -0.3 is 4.74 Å². The summed E-state index contributed by atoms with van der Waals surface area (Å²) in [4.78, 5) is 0.207. The molecule has 0 fully saturated rings. The lowest BCUT2D eigenvalue weighted by Crippen LogP contribution is -2.21. The molecule has 1 aromatic heterocycles. The van der Waals surface area contributed by atoms with Crippen molar-refractivity contribution in [2.75, 3.05) is 0 Å². The lowest BCUT2D eigenvalue weighted by molar-refractivity contribution is 0.178. The highest BCUT2D eigenvalue weighted by Gasteiger charge is 2.22. The van der Waals surface area contributed by atoms with Crippen LogP contribution in [-0.2, 0) is 10.0 Å². The monoisotopic (exact) mass is 366 g/mol. The molecule has 1 heterocycles. The third-order valence-corrected chi connectivity index (χ3v) is 6.15. The predicted octanol–water partition coefficient (Wildman–Crippen LogP) is 3.45. The lowest BCUT2D eigenvalue weighted by atomic mass is 10.0. The maximum atomic E-state index is 12.8. The summed E-state index contributed by atoms with van der Waals surface area (Å²) >= 11 is 0. The van der Waals surface area contributed by atoms with Crippen LogP contribution >= 0.6 is 0 Å². The fourth-order valence-corrected chi connectivity index (χ4v) is 4.39. The lowest BCUT2D eigenvalue weighted by Gasteiger charge is -2.18. The molecule has 0 saturated heterocycles. The molecule has 0 N–H and O–H groups in total. The number of rotatable bonds is 5. The van der Waals surface area contributed by atoms with E-state index in [1.807, 2.05) is 13.0 Å². The van der Waals surface area contributed by atoms with E-state index in [9.17, 15) is 8.42 Å². The van der Waals surface area contributed by atoms with Crippen molar-refractivity contribution < 1.29 is 13.2 Å². The Balaban J connectivity index is 1.65. The molecular weight excluding hydrogens is 348 g/mol. The fourth-order valence-electron chi connectivity index (χ4n) is 3.10. The third kappa shape index (κ3) is 2.95. The molecule has 0 aliphatic heterocycles. The minimum atomic E-state index is -3.72. The van der Waals surface area contributed by atoms with Gasteiger partial charge in [0.15, 0.2) is 0 Å². The quantitative estimate of drug-likeness (QED) is 0.649. The first-order chi connectivity index (χ1) is 12.6. The zero-order valence-corrected chi connectivity index (χ0v) is 15.1. The van der Waals surface area contributed by atoms with Crippen LogP contribution in [0.3, 0.4) is 0 Å². The van der Waals surface area contributed by atoms with Crippen molar-refractivity contribution in [1.82, 2.24) is 9.19 Å². The standard InChI is InChI=1S/C20H18N2O3S/c1-15(16-7-5-6-8-16)25-18-11-12-20-17(13-18)14-21-22(20)26(23,24)19-9-3-2-4-10-19/h2-4,9-16H,5,7H2,1H3. The van der Waals surface area contributed by atoms with Crippen molar-refractivity contribution >= 4 is 20.9 Å². The van der Waals surface area contributed by atoms with Crippen molar-refractivity contribution in [3.63, 3.8) is 0 Å². The molecule has 2 unspecified atom stereocenters. The van der Waals surface area contributed by atoms with Gasteiger partial charge in [-0.15, -0.1) is 5.92 Å². The van der Waals surface area contributed by atoms with Crippen LogP contribution in [0, 0.1) is 17.8 Å². The number of ether oxygens (including phenoxy) is 1. The Morgan fingerprint density at radius 1 is 1.23 bits per heavy atom. The third-order valence-electron chi connectivity index (χ3n) is 4.53. The molecule has 1 aliphatic carbocycles. The SMILES string of the molecule is CC(Oc1ccc2c(cnn2S(=O)(=O)c2ccccc2)c1)C1C#CCC1. The second-order valence-corrected chi connectivity index (χ2v) is 8.08. The van der Waals surface area contributed by atoms with Crippen molar-refractivity contribution in [3.8, 4) is 17.6 Å². The Kier molecular flexibility index (Phi) is 4.17. The smallest absolute Gasteiger partial charge is 0.283 e. The highest BCUT2D eigenvalue weighted by molar-refractivity contribution is 7.90. The van der Waals surface area contributed by atoms with E-state index in [-0.39, 0.29) is 16.9 Å². The van der Waals surface area contributed by atoms with Crippen LogP contribution in [0.1, 0.15) is 19.8 Å². The number of hydrogen-bond acceptors (Lipinski definition) is 4. The summed E-state index contributed by atoms with van der Waals surface area (Å²) in [5, 5.41) is 4.81. The summed E-state index contributed by atoms with van der Waals surface area (Å²) in [6.45, 7) is 2.01. The predicted molar refractivity (Wildman–Crippen MR) is 99.3 cm³/mol. The molecule has 26 heavy (non-hydrogen) atoms. The first-order valence-electron chi connectivity index (χ1n) is 8.49. The van der Waals surface area contributed by atoms with Crippen LogP contribution < -0.4 is 4.74 Å². The minimum absolute atomic E-state index is 0.00875. The second kappa shape index (κ2) is 6.50. The highest BCUT2D eigenvalue weighted by atomic mass is 32.2. The van der Waals surface area contributed by atoms with E-state index in [0.29, 0.717) is 16.7 Å². The van der Waals surface area contributed by atoms with E-state index >= 15 is 0 Å². The van der Waals surface area contributed by atoms with Gasteiger partial charge in [0, 0.05) is 11.8 Å². The molecule has 0 amide bonds. The van der Waals surface area contributed by atoms with Crippen LogP contribution in [0.2, 0.25) is 0 Å². The normalized spacial score (nSPS) is 17.7. The van der Waals surface area contributed by atoms with E-state index < -0.39 is 10.0 Å². The van der Waals surface area contributed by atoms with Crippen LogP contribution in [0.15, 0.2) is 59.6 Å². The maximum Gasteiger partial charge on any atom is 0.283 e. The Morgan fingerprint density at radius 2 is 2.04 bits per heavy atom. The molecule has 2 aromatic carbocycles. The van der Waals surface area contributed by atoms with Crippen molar-refractivity contribution in [2.45, 2.75) is 30.8 Å². The molecule has 1 aliphatic rings. The average molecular weight is 366 g/mol. The van der Waals surface area contributed by atoms with Crippen molar-refractivity contribution in [1.29, 1.82) is 0 Å².